The first-order valence-electron chi connectivity index (χ1n) is 25.2. The van der Waals surface area contributed by atoms with Crippen LogP contribution in [0.1, 0.15) is 90.2 Å². The molecule has 0 atom stereocenters. The molecule has 0 bridgehead atoms. The van der Waals surface area contributed by atoms with Crippen LogP contribution in [0.2, 0.25) is 19.6 Å². The standard InChI is InChI=1S/C50H45N2S.C14H16NSi.Ir/c1-7-32(8-2)38-24-25-39(49-47(38)43-26-35-23-22-34-18-12-13-19-37(34)42(35)29-46(43)53-49)50-51-44-20-14-15-21-45(44)52(50)48-40(30(3)4)27-36(28-41(48)31(5)6)33-16-10-9-11-17-33;1-16(2,3)13-9-10-14(15-11-13)12-7-5-4-6-8-12;/h9-24,26-32H,7-8H2,1-6H3;4-7,9-11H,1-3H3;/q2*-1;/i32D;;. The first-order valence-corrected chi connectivity index (χ1v) is 29.0. The van der Waals surface area contributed by atoms with Gasteiger partial charge in [-0.05, 0) is 113 Å². The fraction of sp³-hybridized carbons (Fsp3) is 0.219. The minimum absolute atomic E-state index is 0. The summed E-state index contributed by atoms with van der Waals surface area (Å²) in [5.74, 6) is 0.703. The van der Waals surface area contributed by atoms with E-state index in [-0.39, 0.29) is 31.9 Å². The maximum Gasteiger partial charge on any atom is 0.0795 e. The monoisotopic (exact) mass is 1130 g/mol. The van der Waals surface area contributed by atoms with E-state index in [0.717, 1.165) is 56.8 Å². The molecular weight excluding hydrogens is 1060 g/mol. The van der Waals surface area contributed by atoms with Crippen molar-refractivity contribution in [2.75, 3.05) is 0 Å². The van der Waals surface area contributed by atoms with Crippen LogP contribution in [-0.2, 0) is 20.1 Å². The number of thiophene rings is 1. The van der Waals surface area contributed by atoms with Crippen LogP contribution >= 0.6 is 11.3 Å². The molecule has 0 N–H and O–H groups in total. The van der Waals surface area contributed by atoms with Crippen LogP contribution in [0.25, 0.3) is 92.2 Å². The van der Waals surface area contributed by atoms with Gasteiger partial charge in [-0.1, -0.05) is 182 Å². The fourth-order valence-corrected chi connectivity index (χ4v) is 12.3. The van der Waals surface area contributed by atoms with E-state index in [1.54, 1.807) is 0 Å². The van der Waals surface area contributed by atoms with E-state index in [1.165, 1.54) is 70.1 Å². The van der Waals surface area contributed by atoms with E-state index in [1.807, 2.05) is 41.8 Å². The van der Waals surface area contributed by atoms with Crippen molar-refractivity contribution in [3.8, 4) is 39.5 Å². The number of pyridine rings is 1. The van der Waals surface area contributed by atoms with E-state index in [4.69, 9.17) is 4.98 Å². The second-order valence-corrected chi connectivity index (χ2v) is 26.1. The Labute approximate surface area is 434 Å². The van der Waals surface area contributed by atoms with E-state index in [9.17, 15) is 1.37 Å². The molecule has 11 rings (SSSR count). The molecule has 70 heavy (non-hydrogen) atoms. The number of imidazole rings is 1. The van der Waals surface area contributed by atoms with Gasteiger partial charge in [0.15, 0.2) is 0 Å². The summed E-state index contributed by atoms with van der Waals surface area (Å²) in [6, 6.07) is 63.4. The summed E-state index contributed by atoms with van der Waals surface area (Å²) in [4.78, 5) is 10.00. The normalized spacial score (nSPS) is 12.2. The van der Waals surface area contributed by atoms with Crippen molar-refractivity contribution >= 4 is 77.3 Å². The Morgan fingerprint density at radius 1 is 0.657 bits per heavy atom. The summed E-state index contributed by atoms with van der Waals surface area (Å²) in [5.41, 5.74) is 12.4. The second-order valence-electron chi connectivity index (χ2n) is 19.9. The van der Waals surface area contributed by atoms with Crippen molar-refractivity contribution in [3.63, 3.8) is 0 Å². The Morgan fingerprint density at radius 3 is 2.01 bits per heavy atom. The summed E-state index contributed by atoms with van der Waals surface area (Å²) in [6.45, 7) is 20.5. The van der Waals surface area contributed by atoms with Gasteiger partial charge in [-0.25, -0.2) is 0 Å². The predicted octanol–water partition coefficient (Wildman–Crippen LogP) is 18.1. The van der Waals surface area contributed by atoms with Crippen LogP contribution < -0.4 is 5.19 Å². The van der Waals surface area contributed by atoms with Gasteiger partial charge in [-0.2, -0.15) is 11.3 Å². The third-order valence-electron chi connectivity index (χ3n) is 13.8. The third kappa shape index (κ3) is 9.24. The minimum Gasteiger partial charge on any atom is -0.333 e. The molecular formula is C64H61IrN3SSi-2. The number of para-hydroxylation sites is 2. The quantitative estimate of drug-likeness (QED) is 0.0776. The van der Waals surface area contributed by atoms with Crippen molar-refractivity contribution in [2.45, 2.75) is 91.8 Å². The molecule has 3 aromatic heterocycles. The first kappa shape index (κ1) is 47.7. The smallest absolute Gasteiger partial charge is 0.0795 e. The molecule has 3 heterocycles. The van der Waals surface area contributed by atoms with Crippen LogP contribution in [0.4, 0.5) is 0 Å². The van der Waals surface area contributed by atoms with Crippen LogP contribution in [0.15, 0.2) is 164 Å². The summed E-state index contributed by atoms with van der Waals surface area (Å²) >= 11 is 1.82. The molecule has 0 unspecified atom stereocenters. The minimum atomic E-state index is -1.23. The largest absolute Gasteiger partial charge is 0.333 e. The number of nitrogens with zero attached hydrogens (tertiary/aromatic N) is 3. The van der Waals surface area contributed by atoms with Gasteiger partial charge in [-0.3, -0.25) is 4.98 Å². The third-order valence-corrected chi connectivity index (χ3v) is 17.0. The van der Waals surface area contributed by atoms with E-state index in [2.05, 4.69) is 216 Å². The van der Waals surface area contributed by atoms with Gasteiger partial charge in [0.2, 0.25) is 0 Å². The van der Waals surface area contributed by atoms with Gasteiger partial charge in [-0.15, -0.1) is 53.6 Å². The number of fused-ring (bicyclic) bond motifs is 7. The van der Waals surface area contributed by atoms with Gasteiger partial charge in [0.1, 0.15) is 0 Å². The number of hydrogen-bond acceptors (Lipinski definition) is 3. The van der Waals surface area contributed by atoms with Crippen molar-refractivity contribution in [1.82, 2.24) is 14.5 Å². The number of aromatic nitrogens is 3. The van der Waals surface area contributed by atoms with Crippen molar-refractivity contribution in [1.29, 1.82) is 0 Å². The molecule has 11 aromatic rings. The second kappa shape index (κ2) is 20.4. The van der Waals surface area contributed by atoms with E-state index in [0.29, 0.717) is 0 Å². The number of benzene rings is 8. The zero-order valence-corrected chi connectivity index (χ0v) is 46.0. The van der Waals surface area contributed by atoms with E-state index < -0.39 is 14.0 Å². The molecule has 0 amide bonds. The summed E-state index contributed by atoms with van der Waals surface area (Å²) < 4.78 is 14.6. The van der Waals surface area contributed by atoms with Crippen LogP contribution in [0.3, 0.4) is 0 Å². The van der Waals surface area contributed by atoms with Crippen molar-refractivity contribution in [2.24, 2.45) is 0 Å². The summed E-state index contributed by atoms with van der Waals surface area (Å²) in [7, 11) is -1.23. The molecule has 0 aliphatic carbocycles. The molecule has 8 aromatic carbocycles. The molecule has 0 aliphatic heterocycles. The Morgan fingerprint density at radius 2 is 1.34 bits per heavy atom. The zero-order valence-electron chi connectivity index (χ0n) is 42.7. The first-order chi connectivity index (χ1) is 33.8. The average molecular weight is 1130 g/mol. The summed E-state index contributed by atoms with van der Waals surface area (Å²) in [5, 5.41) is 8.77. The van der Waals surface area contributed by atoms with Crippen molar-refractivity contribution < 1.29 is 21.5 Å². The molecule has 0 fully saturated rings. The molecule has 0 spiro atoms. The van der Waals surface area contributed by atoms with Crippen LogP contribution in [0.5, 0.6) is 0 Å². The SMILES string of the molecule is C[Si](C)(C)c1ccc(-c2[c-]cccc2)nc1.[2H]C(CC)(CC)c1c[c-]c(-c2nc3ccccc3n2-c2c(C(C)C)cc(-c3ccccc3)cc2C(C)C)c2sc3cc4c(ccc5ccccc54)cc3c12.[Ir]. The fourth-order valence-electron chi connectivity index (χ4n) is 9.98. The van der Waals surface area contributed by atoms with Gasteiger partial charge < -0.3 is 9.55 Å². The molecule has 6 heteroatoms. The Bertz CT molecular complexity index is 3650. The molecule has 0 saturated carbocycles. The average Bonchev–Trinajstić information content (AvgIpc) is 3.96. The van der Waals surface area contributed by atoms with Gasteiger partial charge in [0.05, 0.1) is 24.9 Å². The van der Waals surface area contributed by atoms with Gasteiger partial charge in [0, 0.05) is 38.1 Å². The molecule has 353 valence electrons. The van der Waals surface area contributed by atoms with Crippen LogP contribution in [0, 0.1) is 12.1 Å². The topological polar surface area (TPSA) is 30.7 Å². The Hall–Kier alpha value is -6.01. The maximum absolute atomic E-state index is 9.77. The molecule has 0 aliphatic rings. The summed E-state index contributed by atoms with van der Waals surface area (Å²) in [6.07, 6.45) is 3.47. The molecule has 3 nitrogen and oxygen atoms in total. The van der Waals surface area contributed by atoms with E-state index >= 15 is 0 Å². The predicted molar refractivity (Wildman–Crippen MR) is 302 cm³/mol. The van der Waals surface area contributed by atoms with Crippen molar-refractivity contribution in [3.05, 3.63) is 193 Å². The zero-order chi connectivity index (χ0) is 48.9. The number of hydrogen-bond donors (Lipinski definition) is 0. The number of rotatable bonds is 10. The molecule has 0 saturated heterocycles. The maximum atomic E-state index is 9.77. The van der Waals surface area contributed by atoms with Crippen LogP contribution in [-0.4, -0.2) is 22.6 Å². The Balaban J connectivity index is 0.000000313. The molecule has 1 radical (unpaired) electrons. The van der Waals surface area contributed by atoms with Gasteiger partial charge >= 0.3 is 0 Å². The van der Waals surface area contributed by atoms with Gasteiger partial charge in [0.25, 0.3) is 0 Å². The Kier molecular flexibility index (Phi) is 13.9.